The van der Waals surface area contributed by atoms with Gasteiger partial charge >= 0.3 is 5.97 Å². The number of hydrogen-bond acceptors (Lipinski definition) is 3. The maximum Gasteiger partial charge on any atom is 0.323 e. The first-order valence-electron chi connectivity index (χ1n) is 5.25. The molecule has 0 radical (unpaired) electrons. The summed E-state index contributed by atoms with van der Waals surface area (Å²) in [5.41, 5.74) is -0.283. The van der Waals surface area contributed by atoms with Crippen molar-refractivity contribution < 1.29 is 14.7 Å². The van der Waals surface area contributed by atoms with E-state index in [1.807, 2.05) is 6.92 Å². The van der Waals surface area contributed by atoms with Crippen molar-refractivity contribution in [3.05, 3.63) is 34.2 Å². The van der Waals surface area contributed by atoms with Crippen LogP contribution in [0.4, 0.5) is 0 Å². The van der Waals surface area contributed by atoms with Crippen LogP contribution in [0.3, 0.4) is 0 Å². The molecule has 17 heavy (non-hydrogen) atoms. The fourth-order valence-electron chi connectivity index (χ4n) is 1.43. The van der Waals surface area contributed by atoms with Crippen molar-refractivity contribution in [2.75, 3.05) is 13.1 Å². The summed E-state index contributed by atoms with van der Waals surface area (Å²) in [6.45, 7) is 1.81. The van der Waals surface area contributed by atoms with E-state index in [1.165, 1.54) is 23.1 Å². The number of carbonyl (C=O) groups is 2. The minimum atomic E-state index is -1.08. The molecule has 1 aromatic heterocycles. The summed E-state index contributed by atoms with van der Waals surface area (Å²) in [7, 11) is 0. The van der Waals surface area contributed by atoms with Gasteiger partial charge in [-0.05, 0) is 12.5 Å². The van der Waals surface area contributed by atoms with Gasteiger partial charge in [0.2, 0.25) is 5.56 Å². The Morgan fingerprint density at radius 3 is 2.65 bits per heavy atom. The highest BCUT2D eigenvalue weighted by Gasteiger charge is 2.18. The molecule has 92 valence electrons. The van der Waals surface area contributed by atoms with Gasteiger partial charge in [-0.2, -0.15) is 0 Å². The zero-order valence-electron chi connectivity index (χ0n) is 9.47. The quantitative estimate of drug-likeness (QED) is 0.772. The summed E-state index contributed by atoms with van der Waals surface area (Å²) < 4.78 is 0. The Morgan fingerprint density at radius 2 is 2.12 bits per heavy atom. The second kappa shape index (κ2) is 5.83. The molecule has 0 unspecified atom stereocenters. The van der Waals surface area contributed by atoms with Crippen LogP contribution in [0.5, 0.6) is 0 Å². The van der Waals surface area contributed by atoms with Gasteiger partial charge in [-0.15, -0.1) is 0 Å². The Labute approximate surface area is 97.9 Å². The predicted octanol–water partition coefficient (Wildman–Crippen LogP) is 0.312. The number of hydrogen-bond donors (Lipinski definition) is 2. The normalized spacial score (nSPS) is 9.94. The molecule has 0 aromatic carbocycles. The molecule has 0 aliphatic heterocycles. The highest BCUT2D eigenvalue weighted by atomic mass is 16.4. The molecule has 0 bridgehead atoms. The standard InChI is InChI=1S/C11H14N2O4/c1-2-6-13(7-10(15)16)11(17)8-4-3-5-9(14)12-8/h3-5H,2,6-7H2,1H3,(H,12,14)(H,15,16). The Balaban J connectivity index is 2.91. The van der Waals surface area contributed by atoms with Crippen LogP contribution in [0.15, 0.2) is 23.0 Å². The number of H-pyrrole nitrogens is 1. The lowest BCUT2D eigenvalue weighted by Gasteiger charge is -2.19. The Hall–Kier alpha value is -2.11. The molecule has 1 amide bonds. The van der Waals surface area contributed by atoms with Gasteiger partial charge in [0.25, 0.3) is 5.91 Å². The molecule has 1 aromatic rings. The highest BCUT2D eigenvalue weighted by molar-refractivity contribution is 5.94. The summed E-state index contributed by atoms with van der Waals surface area (Å²) in [5.74, 6) is -1.56. The maximum absolute atomic E-state index is 11.9. The van der Waals surface area contributed by atoms with Crippen molar-refractivity contribution in [3.63, 3.8) is 0 Å². The van der Waals surface area contributed by atoms with Gasteiger partial charge in [-0.1, -0.05) is 13.0 Å². The van der Waals surface area contributed by atoms with Gasteiger partial charge in [0, 0.05) is 12.6 Å². The molecule has 6 nitrogen and oxygen atoms in total. The van der Waals surface area contributed by atoms with Crippen LogP contribution in [0.1, 0.15) is 23.8 Å². The smallest absolute Gasteiger partial charge is 0.323 e. The lowest BCUT2D eigenvalue weighted by atomic mass is 10.3. The van der Waals surface area contributed by atoms with Gasteiger partial charge in [-0.25, -0.2) is 0 Å². The lowest BCUT2D eigenvalue weighted by Crippen LogP contribution is -2.37. The summed E-state index contributed by atoms with van der Waals surface area (Å²) in [4.78, 5) is 37.2. The molecule has 0 aliphatic carbocycles. The SMILES string of the molecule is CCCN(CC(=O)O)C(=O)c1cccc(=O)[nH]1. The molecule has 0 atom stereocenters. The Kier molecular flexibility index (Phi) is 4.45. The molecule has 2 N–H and O–H groups in total. The first-order valence-corrected chi connectivity index (χ1v) is 5.25. The molecule has 6 heteroatoms. The van der Waals surface area contributed by atoms with E-state index in [-0.39, 0.29) is 17.8 Å². The highest BCUT2D eigenvalue weighted by Crippen LogP contribution is 2.01. The van der Waals surface area contributed by atoms with Crippen LogP contribution < -0.4 is 5.56 Å². The van der Waals surface area contributed by atoms with E-state index in [0.717, 1.165) is 0 Å². The fourth-order valence-corrected chi connectivity index (χ4v) is 1.43. The van der Waals surface area contributed by atoms with E-state index in [2.05, 4.69) is 4.98 Å². The number of carboxylic acids is 1. The van der Waals surface area contributed by atoms with Gasteiger partial charge in [0.1, 0.15) is 12.2 Å². The van der Waals surface area contributed by atoms with Crippen LogP contribution in [0.2, 0.25) is 0 Å². The van der Waals surface area contributed by atoms with Crippen molar-refractivity contribution >= 4 is 11.9 Å². The number of nitrogens with one attached hydrogen (secondary N) is 1. The van der Waals surface area contributed by atoms with E-state index in [4.69, 9.17) is 5.11 Å². The van der Waals surface area contributed by atoms with Crippen molar-refractivity contribution in [2.24, 2.45) is 0 Å². The lowest BCUT2D eigenvalue weighted by molar-refractivity contribution is -0.137. The van der Waals surface area contributed by atoms with Crippen molar-refractivity contribution in [3.8, 4) is 0 Å². The zero-order chi connectivity index (χ0) is 12.8. The number of rotatable bonds is 5. The summed E-state index contributed by atoms with van der Waals surface area (Å²) >= 11 is 0. The minimum Gasteiger partial charge on any atom is -0.480 e. The third-order valence-corrected chi connectivity index (χ3v) is 2.11. The Bertz CT molecular complexity index is 467. The van der Waals surface area contributed by atoms with Crippen LogP contribution in [-0.4, -0.2) is 40.0 Å². The molecule has 0 spiro atoms. The van der Waals surface area contributed by atoms with Gasteiger partial charge in [0.15, 0.2) is 0 Å². The predicted molar refractivity (Wildman–Crippen MR) is 60.9 cm³/mol. The number of aromatic amines is 1. The van der Waals surface area contributed by atoms with Gasteiger partial charge in [0.05, 0.1) is 0 Å². The molecule has 0 saturated heterocycles. The fraction of sp³-hybridized carbons (Fsp3) is 0.364. The Morgan fingerprint density at radius 1 is 1.41 bits per heavy atom. The number of amides is 1. The second-order valence-electron chi connectivity index (χ2n) is 3.55. The van der Waals surface area contributed by atoms with Crippen LogP contribution in [-0.2, 0) is 4.79 Å². The molecule has 0 saturated carbocycles. The summed E-state index contributed by atoms with van der Waals surface area (Å²) in [5, 5.41) is 8.70. The molecular weight excluding hydrogens is 224 g/mol. The maximum atomic E-state index is 11.9. The average molecular weight is 238 g/mol. The van der Waals surface area contributed by atoms with Crippen LogP contribution in [0, 0.1) is 0 Å². The molecular formula is C11H14N2O4. The van der Waals surface area contributed by atoms with Crippen molar-refractivity contribution in [1.29, 1.82) is 0 Å². The molecule has 0 fully saturated rings. The van der Waals surface area contributed by atoms with Crippen molar-refractivity contribution in [2.45, 2.75) is 13.3 Å². The zero-order valence-corrected chi connectivity index (χ0v) is 9.47. The monoisotopic (exact) mass is 238 g/mol. The topological polar surface area (TPSA) is 90.5 Å². The van der Waals surface area contributed by atoms with E-state index >= 15 is 0 Å². The third-order valence-electron chi connectivity index (χ3n) is 2.11. The van der Waals surface area contributed by atoms with E-state index in [1.54, 1.807) is 0 Å². The summed E-state index contributed by atoms with van der Waals surface area (Å²) in [6, 6.07) is 4.20. The number of carboxylic acid groups (broad SMARTS) is 1. The first-order chi connectivity index (χ1) is 8.04. The number of carbonyl (C=O) groups excluding carboxylic acids is 1. The first kappa shape index (κ1) is 13.0. The van der Waals surface area contributed by atoms with Gasteiger partial charge in [-0.3, -0.25) is 14.4 Å². The van der Waals surface area contributed by atoms with E-state index < -0.39 is 11.9 Å². The van der Waals surface area contributed by atoms with E-state index in [0.29, 0.717) is 13.0 Å². The third kappa shape index (κ3) is 3.75. The van der Waals surface area contributed by atoms with E-state index in [9.17, 15) is 14.4 Å². The minimum absolute atomic E-state index is 0.104. The van der Waals surface area contributed by atoms with Crippen molar-refractivity contribution in [1.82, 2.24) is 9.88 Å². The van der Waals surface area contributed by atoms with Crippen LogP contribution in [0.25, 0.3) is 0 Å². The van der Waals surface area contributed by atoms with Crippen LogP contribution >= 0.6 is 0 Å². The number of aliphatic carboxylic acids is 1. The largest absolute Gasteiger partial charge is 0.480 e. The number of pyridine rings is 1. The molecule has 1 heterocycles. The second-order valence-corrected chi connectivity index (χ2v) is 3.55. The van der Waals surface area contributed by atoms with Gasteiger partial charge < -0.3 is 15.0 Å². The average Bonchev–Trinajstić information content (AvgIpc) is 2.27. The molecule has 0 aliphatic rings. The molecule has 1 rings (SSSR count). The summed E-state index contributed by atoms with van der Waals surface area (Å²) in [6.07, 6.45) is 0.649. The number of nitrogens with zero attached hydrogens (tertiary/aromatic N) is 1. The number of aromatic nitrogens is 1.